The van der Waals surface area contributed by atoms with Gasteiger partial charge in [-0.3, -0.25) is 10.1 Å². The number of hydrogen-bond acceptors (Lipinski definition) is 4. The summed E-state index contributed by atoms with van der Waals surface area (Å²) in [5.74, 6) is -0.591. The van der Waals surface area contributed by atoms with Gasteiger partial charge >= 0.3 is 12.0 Å². The Kier molecular flexibility index (Phi) is 4.95. The number of anilines is 1. The van der Waals surface area contributed by atoms with Gasteiger partial charge in [-0.05, 0) is 32.4 Å². The summed E-state index contributed by atoms with van der Waals surface area (Å²) < 4.78 is 0. The van der Waals surface area contributed by atoms with Gasteiger partial charge in [0.15, 0.2) is 5.82 Å². The molecule has 2 aromatic rings. The molecule has 2 amide bonds. The minimum Gasteiger partial charge on any atom is -0.481 e. The lowest BCUT2D eigenvalue weighted by atomic mass is 9.99. The Hall–Kier alpha value is -2.90. The van der Waals surface area contributed by atoms with E-state index in [1.165, 1.54) is 11.0 Å². The van der Waals surface area contributed by atoms with E-state index in [0.29, 0.717) is 12.2 Å². The predicted octanol–water partition coefficient (Wildman–Crippen LogP) is 2.03. The van der Waals surface area contributed by atoms with Crippen molar-refractivity contribution in [1.82, 2.24) is 20.3 Å². The molecule has 0 saturated carbocycles. The molecule has 0 bridgehead atoms. The Balaban J connectivity index is 1.93. The van der Waals surface area contributed by atoms with Crippen LogP contribution in [0.3, 0.4) is 0 Å². The number of carboxylic acid groups (broad SMARTS) is 1. The molecule has 2 rings (SSSR count). The average molecular weight is 317 g/mol. The van der Waals surface area contributed by atoms with E-state index in [0.717, 1.165) is 5.69 Å². The maximum Gasteiger partial charge on any atom is 0.320 e. The van der Waals surface area contributed by atoms with E-state index < -0.39 is 17.5 Å². The van der Waals surface area contributed by atoms with Crippen LogP contribution in [0.25, 0.3) is 5.69 Å². The van der Waals surface area contributed by atoms with Crippen molar-refractivity contribution in [3.63, 3.8) is 0 Å². The van der Waals surface area contributed by atoms with Crippen molar-refractivity contribution < 1.29 is 14.7 Å². The molecule has 0 aliphatic rings. The van der Waals surface area contributed by atoms with Crippen LogP contribution in [-0.2, 0) is 4.79 Å². The van der Waals surface area contributed by atoms with Gasteiger partial charge in [-0.1, -0.05) is 18.2 Å². The normalized spacial score (nSPS) is 11.0. The van der Waals surface area contributed by atoms with Crippen molar-refractivity contribution in [3.8, 4) is 5.69 Å². The number of carbonyl (C=O) groups is 2. The van der Waals surface area contributed by atoms with E-state index in [4.69, 9.17) is 5.11 Å². The SMILES string of the molecule is CC(C)(CCC(=O)O)NC(=O)Nc1cnn(-c2ccccc2)n1. The summed E-state index contributed by atoms with van der Waals surface area (Å²) in [6.45, 7) is 3.52. The number of nitrogens with zero attached hydrogens (tertiary/aromatic N) is 3. The summed E-state index contributed by atoms with van der Waals surface area (Å²) in [6.07, 6.45) is 1.75. The summed E-state index contributed by atoms with van der Waals surface area (Å²) in [4.78, 5) is 24.0. The number of aliphatic carboxylic acids is 1. The van der Waals surface area contributed by atoms with E-state index in [2.05, 4.69) is 20.8 Å². The van der Waals surface area contributed by atoms with Gasteiger partial charge in [-0.25, -0.2) is 4.79 Å². The van der Waals surface area contributed by atoms with Crippen LogP contribution in [0.4, 0.5) is 10.6 Å². The van der Waals surface area contributed by atoms with Crippen molar-refractivity contribution in [2.45, 2.75) is 32.2 Å². The van der Waals surface area contributed by atoms with Crippen molar-refractivity contribution in [2.24, 2.45) is 0 Å². The standard InChI is InChI=1S/C15H19N5O3/c1-15(2,9-8-13(21)22)18-14(23)17-12-10-16-20(19-12)11-6-4-3-5-7-11/h3-7,10H,8-9H2,1-2H3,(H,21,22)(H2,17,18,19,23). The molecule has 0 radical (unpaired) electrons. The fourth-order valence-electron chi connectivity index (χ4n) is 1.94. The minimum absolute atomic E-state index is 0.0164. The molecular formula is C15H19N5O3. The second-order valence-corrected chi connectivity index (χ2v) is 5.71. The number of rotatable bonds is 6. The van der Waals surface area contributed by atoms with Crippen LogP contribution in [0.15, 0.2) is 36.5 Å². The van der Waals surface area contributed by atoms with Crippen LogP contribution < -0.4 is 10.6 Å². The molecule has 8 nitrogen and oxygen atoms in total. The van der Waals surface area contributed by atoms with E-state index in [1.54, 1.807) is 13.8 Å². The zero-order valence-corrected chi connectivity index (χ0v) is 13.0. The quantitative estimate of drug-likeness (QED) is 0.755. The zero-order chi connectivity index (χ0) is 16.9. The number of para-hydroxylation sites is 1. The molecule has 8 heteroatoms. The molecule has 1 aromatic carbocycles. The van der Waals surface area contributed by atoms with Gasteiger partial charge in [0.05, 0.1) is 11.9 Å². The van der Waals surface area contributed by atoms with Crippen LogP contribution in [0.5, 0.6) is 0 Å². The molecule has 0 spiro atoms. The molecule has 1 aromatic heterocycles. The van der Waals surface area contributed by atoms with Gasteiger partial charge < -0.3 is 10.4 Å². The lowest BCUT2D eigenvalue weighted by molar-refractivity contribution is -0.137. The second kappa shape index (κ2) is 6.91. The summed E-state index contributed by atoms with van der Waals surface area (Å²) in [7, 11) is 0. The first-order valence-corrected chi connectivity index (χ1v) is 7.14. The molecule has 3 N–H and O–H groups in total. The largest absolute Gasteiger partial charge is 0.481 e. The first-order valence-electron chi connectivity index (χ1n) is 7.14. The van der Waals surface area contributed by atoms with Crippen molar-refractivity contribution >= 4 is 17.8 Å². The fourth-order valence-corrected chi connectivity index (χ4v) is 1.94. The number of urea groups is 1. The molecule has 1 heterocycles. The smallest absolute Gasteiger partial charge is 0.320 e. The van der Waals surface area contributed by atoms with Gasteiger partial charge in [0.25, 0.3) is 0 Å². The Morgan fingerprint density at radius 1 is 1.26 bits per heavy atom. The van der Waals surface area contributed by atoms with Crippen LogP contribution in [0.1, 0.15) is 26.7 Å². The number of amides is 2. The monoisotopic (exact) mass is 317 g/mol. The number of aromatic nitrogens is 3. The highest BCUT2D eigenvalue weighted by Gasteiger charge is 2.22. The third kappa shape index (κ3) is 5.10. The number of nitrogens with one attached hydrogen (secondary N) is 2. The first kappa shape index (κ1) is 16.5. The summed E-state index contributed by atoms with van der Waals surface area (Å²) >= 11 is 0. The highest BCUT2D eigenvalue weighted by molar-refractivity contribution is 5.88. The Morgan fingerprint density at radius 3 is 2.61 bits per heavy atom. The van der Waals surface area contributed by atoms with Gasteiger partial charge in [0.1, 0.15) is 0 Å². The van der Waals surface area contributed by atoms with Gasteiger partial charge in [-0.15, -0.1) is 9.90 Å². The topological polar surface area (TPSA) is 109 Å². The Morgan fingerprint density at radius 2 is 1.96 bits per heavy atom. The fraction of sp³-hybridized carbons (Fsp3) is 0.333. The average Bonchev–Trinajstić information content (AvgIpc) is 2.94. The van der Waals surface area contributed by atoms with Crippen molar-refractivity contribution in [1.29, 1.82) is 0 Å². The number of benzene rings is 1. The lowest BCUT2D eigenvalue weighted by Crippen LogP contribution is -2.45. The van der Waals surface area contributed by atoms with Gasteiger partial charge in [-0.2, -0.15) is 5.10 Å². The molecule has 0 aliphatic carbocycles. The predicted molar refractivity (Wildman–Crippen MR) is 84.5 cm³/mol. The maximum atomic E-state index is 12.0. The molecule has 23 heavy (non-hydrogen) atoms. The molecule has 0 unspecified atom stereocenters. The highest BCUT2D eigenvalue weighted by atomic mass is 16.4. The van der Waals surface area contributed by atoms with Crippen LogP contribution in [-0.4, -0.2) is 37.6 Å². The van der Waals surface area contributed by atoms with Crippen LogP contribution in [0, 0.1) is 0 Å². The molecular weight excluding hydrogens is 298 g/mol. The molecule has 0 aliphatic heterocycles. The Bertz CT molecular complexity index is 681. The summed E-state index contributed by atoms with van der Waals surface area (Å²) in [6, 6.07) is 8.85. The van der Waals surface area contributed by atoms with Gasteiger partial charge in [0, 0.05) is 12.0 Å². The van der Waals surface area contributed by atoms with Crippen LogP contribution in [0.2, 0.25) is 0 Å². The summed E-state index contributed by atoms with van der Waals surface area (Å²) in [5, 5.41) is 22.3. The van der Waals surface area contributed by atoms with E-state index in [9.17, 15) is 9.59 Å². The molecule has 0 atom stereocenters. The third-order valence-electron chi connectivity index (χ3n) is 3.14. The lowest BCUT2D eigenvalue weighted by Gasteiger charge is -2.25. The van der Waals surface area contributed by atoms with E-state index in [1.807, 2.05) is 30.3 Å². The first-order chi connectivity index (χ1) is 10.9. The van der Waals surface area contributed by atoms with E-state index in [-0.39, 0.29) is 6.42 Å². The van der Waals surface area contributed by atoms with Crippen molar-refractivity contribution in [3.05, 3.63) is 36.5 Å². The minimum atomic E-state index is -0.897. The van der Waals surface area contributed by atoms with Crippen LogP contribution >= 0.6 is 0 Å². The number of carboxylic acids is 1. The number of carbonyl (C=O) groups excluding carboxylic acids is 1. The van der Waals surface area contributed by atoms with Gasteiger partial charge in [0.2, 0.25) is 0 Å². The summed E-state index contributed by atoms with van der Waals surface area (Å²) in [5.41, 5.74) is 0.139. The Labute approximate surface area is 133 Å². The zero-order valence-electron chi connectivity index (χ0n) is 13.0. The third-order valence-corrected chi connectivity index (χ3v) is 3.14. The molecule has 122 valence electrons. The van der Waals surface area contributed by atoms with Crippen molar-refractivity contribution in [2.75, 3.05) is 5.32 Å². The number of hydrogen-bond donors (Lipinski definition) is 3. The van der Waals surface area contributed by atoms with E-state index >= 15 is 0 Å². The second-order valence-electron chi connectivity index (χ2n) is 5.71. The highest BCUT2D eigenvalue weighted by Crippen LogP contribution is 2.12. The maximum absolute atomic E-state index is 12.0. The molecule has 0 saturated heterocycles. The molecule has 0 fully saturated rings.